The van der Waals surface area contributed by atoms with E-state index < -0.39 is 0 Å². The Hall–Kier alpha value is -2.01. The van der Waals surface area contributed by atoms with Crippen LogP contribution in [0, 0.1) is 6.92 Å². The summed E-state index contributed by atoms with van der Waals surface area (Å²) in [5, 5.41) is 1.85. The first-order valence-corrected chi connectivity index (χ1v) is 6.28. The van der Waals surface area contributed by atoms with E-state index in [1.807, 2.05) is 31.2 Å². The molecule has 0 saturated heterocycles. The van der Waals surface area contributed by atoms with Crippen molar-refractivity contribution in [3.05, 3.63) is 42.6 Å². The second-order valence-electron chi connectivity index (χ2n) is 3.90. The Balaban J connectivity index is 2.11. The van der Waals surface area contributed by atoms with Crippen molar-refractivity contribution in [2.45, 2.75) is 16.8 Å². The summed E-state index contributed by atoms with van der Waals surface area (Å²) < 4.78 is 5.28. The molecule has 0 fully saturated rings. The summed E-state index contributed by atoms with van der Waals surface area (Å²) in [4.78, 5) is 9.60. The summed E-state index contributed by atoms with van der Waals surface area (Å²) in [6.07, 6.45) is 3.24. The van der Waals surface area contributed by atoms with Gasteiger partial charge >= 0.3 is 0 Å². The van der Waals surface area contributed by atoms with Crippen molar-refractivity contribution in [3.8, 4) is 0 Å². The van der Waals surface area contributed by atoms with Crippen LogP contribution in [-0.4, -0.2) is 9.97 Å². The molecule has 90 valence electrons. The van der Waals surface area contributed by atoms with Gasteiger partial charge in [-0.25, -0.2) is 9.97 Å². The SMILES string of the molecule is Cc1occc1Sc1ncnc2ccc(N)cc12. The highest BCUT2D eigenvalue weighted by Gasteiger charge is 2.09. The Kier molecular flexibility index (Phi) is 2.68. The zero-order chi connectivity index (χ0) is 12.5. The molecule has 0 unspecified atom stereocenters. The van der Waals surface area contributed by atoms with E-state index in [0.29, 0.717) is 5.69 Å². The molecule has 2 heterocycles. The second-order valence-corrected chi connectivity index (χ2v) is 4.93. The van der Waals surface area contributed by atoms with E-state index in [1.165, 1.54) is 0 Å². The summed E-state index contributed by atoms with van der Waals surface area (Å²) in [7, 11) is 0. The molecule has 2 N–H and O–H groups in total. The molecule has 1 aromatic carbocycles. The highest BCUT2D eigenvalue weighted by molar-refractivity contribution is 7.99. The number of hydrogen-bond donors (Lipinski definition) is 1. The van der Waals surface area contributed by atoms with Crippen molar-refractivity contribution in [2.24, 2.45) is 0 Å². The monoisotopic (exact) mass is 257 g/mol. The number of aryl methyl sites for hydroxylation is 1. The fourth-order valence-electron chi connectivity index (χ4n) is 1.72. The van der Waals surface area contributed by atoms with Crippen LogP contribution in [0.2, 0.25) is 0 Å². The molecule has 5 heteroatoms. The van der Waals surface area contributed by atoms with Crippen LogP contribution in [0.5, 0.6) is 0 Å². The molecule has 0 aliphatic carbocycles. The number of benzene rings is 1. The first kappa shape index (κ1) is 11.1. The summed E-state index contributed by atoms with van der Waals surface area (Å²) in [5.74, 6) is 0.885. The van der Waals surface area contributed by atoms with Gasteiger partial charge in [-0.15, -0.1) is 0 Å². The van der Waals surface area contributed by atoms with Gasteiger partial charge in [0, 0.05) is 11.1 Å². The molecule has 3 aromatic rings. The van der Waals surface area contributed by atoms with Crippen molar-refractivity contribution in [1.82, 2.24) is 9.97 Å². The number of nitrogen functional groups attached to an aromatic ring is 1. The minimum absolute atomic E-state index is 0.711. The molecular formula is C13H11N3OS. The Bertz CT molecular complexity index is 708. The number of fused-ring (bicyclic) bond motifs is 1. The number of nitrogens with zero attached hydrogens (tertiary/aromatic N) is 2. The average Bonchev–Trinajstić information content (AvgIpc) is 2.76. The number of furan rings is 1. The quantitative estimate of drug-likeness (QED) is 0.564. The molecule has 4 nitrogen and oxygen atoms in total. The summed E-state index contributed by atoms with van der Waals surface area (Å²) in [6, 6.07) is 7.57. The van der Waals surface area contributed by atoms with E-state index in [4.69, 9.17) is 10.2 Å². The predicted octanol–water partition coefficient (Wildman–Crippen LogP) is 3.26. The van der Waals surface area contributed by atoms with Gasteiger partial charge in [-0.05, 0) is 31.2 Å². The number of nitrogens with two attached hydrogens (primary N) is 1. The molecule has 0 radical (unpaired) electrons. The Morgan fingerprint density at radius 3 is 2.89 bits per heavy atom. The maximum absolute atomic E-state index is 5.81. The van der Waals surface area contributed by atoms with E-state index in [2.05, 4.69) is 9.97 Å². The molecule has 2 aromatic heterocycles. The topological polar surface area (TPSA) is 64.9 Å². The van der Waals surface area contributed by atoms with Crippen molar-refractivity contribution >= 4 is 28.4 Å². The standard InChI is InChI=1S/C13H11N3OS/c1-8-12(4-5-17-8)18-13-10-6-9(14)2-3-11(10)15-7-16-13/h2-7H,14H2,1H3. The van der Waals surface area contributed by atoms with Gasteiger partial charge < -0.3 is 10.2 Å². The number of hydrogen-bond acceptors (Lipinski definition) is 5. The normalized spacial score (nSPS) is 10.9. The number of aromatic nitrogens is 2. The molecule has 0 aliphatic rings. The lowest BCUT2D eigenvalue weighted by atomic mass is 10.2. The molecule has 18 heavy (non-hydrogen) atoms. The zero-order valence-electron chi connectivity index (χ0n) is 9.75. The minimum atomic E-state index is 0.711. The number of rotatable bonds is 2. The smallest absolute Gasteiger partial charge is 0.117 e. The van der Waals surface area contributed by atoms with Crippen molar-refractivity contribution in [3.63, 3.8) is 0 Å². The summed E-state index contributed by atoms with van der Waals surface area (Å²) >= 11 is 1.56. The van der Waals surface area contributed by atoms with E-state index in [-0.39, 0.29) is 0 Å². The second kappa shape index (κ2) is 4.34. The van der Waals surface area contributed by atoms with Crippen LogP contribution in [0.3, 0.4) is 0 Å². The van der Waals surface area contributed by atoms with Crippen LogP contribution in [-0.2, 0) is 0 Å². The van der Waals surface area contributed by atoms with Crippen LogP contribution < -0.4 is 5.73 Å². The van der Waals surface area contributed by atoms with Crippen molar-refractivity contribution in [2.75, 3.05) is 5.73 Å². The molecule has 0 atom stereocenters. The molecule has 0 amide bonds. The fraction of sp³-hybridized carbons (Fsp3) is 0.0769. The third kappa shape index (κ3) is 1.93. The van der Waals surface area contributed by atoms with Gasteiger partial charge in [0.15, 0.2) is 0 Å². The molecule has 0 bridgehead atoms. The van der Waals surface area contributed by atoms with Crippen LogP contribution in [0.4, 0.5) is 5.69 Å². The van der Waals surface area contributed by atoms with E-state index in [9.17, 15) is 0 Å². The van der Waals surface area contributed by atoms with E-state index in [0.717, 1.165) is 26.6 Å². The lowest BCUT2D eigenvalue weighted by Crippen LogP contribution is -1.90. The molecule has 0 spiro atoms. The minimum Gasteiger partial charge on any atom is -0.468 e. The van der Waals surface area contributed by atoms with Gasteiger partial charge in [0.25, 0.3) is 0 Å². The third-order valence-corrected chi connectivity index (χ3v) is 3.80. The average molecular weight is 257 g/mol. The van der Waals surface area contributed by atoms with Crippen molar-refractivity contribution < 1.29 is 4.42 Å². The Labute approximate surface area is 108 Å². The Morgan fingerprint density at radius 1 is 1.22 bits per heavy atom. The lowest BCUT2D eigenvalue weighted by Gasteiger charge is -2.04. The van der Waals surface area contributed by atoms with Gasteiger partial charge in [-0.2, -0.15) is 0 Å². The van der Waals surface area contributed by atoms with Crippen LogP contribution in [0.15, 0.2) is 51.2 Å². The first-order chi connectivity index (χ1) is 8.74. The van der Waals surface area contributed by atoms with Gasteiger partial charge in [0.1, 0.15) is 17.1 Å². The highest BCUT2D eigenvalue weighted by atomic mass is 32.2. The summed E-state index contributed by atoms with van der Waals surface area (Å²) in [6.45, 7) is 1.93. The Morgan fingerprint density at radius 2 is 2.11 bits per heavy atom. The molecule has 3 rings (SSSR count). The van der Waals surface area contributed by atoms with Crippen molar-refractivity contribution in [1.29, 1.82) is 0 Å². The number of anilines is 1. The molecule has 0 aliphatic heterocycles. The maximum Gasteiger partial charge on any atom is 0.117 e. The highest BCUT2D eigenvalue weighted by Crippen LogP contribution is 2.33. The first-order valence-electron chi connectivity index (χ1n) is 5.46. The summed E-state index contributed by atoms with van der Waals surface area (Å²) in [5.41, 5.74) is 7.42. The molecular weight excluding hydrogens is 246 g/mol. The van der Waals surface area contributed by atoms with Gasteiger partial charge in [-0.1, -0.05) is 11.8 Å². The fourth-order valence-corrected chi connectivity index (χ4v) is 2.61. The van der Waals surface area contributed by atoms with Crippen LogP contribution >= 0.6 is 11.8 Å². The largest absolute Gasteiger partial charge is 0.468 e. The van der Waals surface area contributed by atoms with Crippen LogP contribution in [0.1, 0.15) is 5.76 Å². The van der Waals surface area contributed by atoms with Gasteiger partial charge in [0.2, 0.25) is 0 Å². The van der Waals surface area contributed by atoms with E-state index >= 15 is 0 Å². The third-order valence-electron chi connectivity index (χ3n) is 2.64. The zero-order valence-corrected chi connectivity index (χ0v) is 10.6. The van der Waals surface area contributed by atoms with E-state index in [1.54, 1.807) is 24.4 Å². The molecule has 0 saturated carbocycles. The van der Waals surface area contributed by atoms with Gasteiger partial charge in [0.05, 0.1) is 16.7 Å². The predicted molar refractivity (Wildman–Crippen MR) is 71.5 cm³/mol. The maximum atomic E-state index is 5.81. The van der Waals surface area contributed by atoms with Crippen LogP contribution in [0.25, 0.3) is 10.9 Å². The van der Waals surface area contributed by atoms with Gasteiger partial charge in [-0.3, -0.25) is 0 Å². The lowest BCUT2D eigenvalue weighted by molar-refractivity contribution is 0.527.